The van der Waals surface area contributed by atoms with Crippen LogP contribution in [0, 0.1) is 10.8 Å². The van der Waals surface area contributed by atoms with Crippen molar-refractivity contribution < 1.29 is 32.2 Å². The smallest absolute Gasteiger partial charge is 0.408 e. The van der Waals surface area contributed by atoms with Crippen molar-refractivity contribution in [3.8, 4) is 0 Å². The van der Waals surface area contributed by atoms with Crippen LogP contribution in [0.15, 0.2) is 0 Å². The van der Waals surface area contributed by atoms with E-state index in [0.717, 1.165) is 7.11 Å². The molecule has 0 radical (unpaired) electrons. The van der Waals surface area contributed by atoms with Gasteiger partial charge in [0.15, 0.2) is 0 Å². The molecule has 0 aromatic carbocycles. The molecule has 1 amide bonds. The summed E-state index contributed by atoms with van der Waals surface area (Å²) in [5.41, 5.74) is -3.34. The van der Waals surface area contributed by atoms with Crippen LogP contribution in [-0.4, -0.2) is 37.0 Å². The third kappa shape index (κ3) is 2.63. The number of nitrogens with one attached hydrogen (secondary N) is 1. The second-order valence-electron chi connectivity index (χ2n) is 7.27. The first-order valence-corrected chi connectivity index (χ1v) is 6.98. The monoisotopic (exact) mass is 323 g/mol. The third-order valence-corrected chi connectivity index (χ3v) is 4.38. The molecule has 1 N–H and O–H groups in total. The van der Waals surface area contributed by atoms with E-state index in [9.17, 15) is 22.8 Å². The Kier molecular flexibility index (Phi) is 3.66. The number of halogens is 3. The predicted octanol–water partition coefficient (Wildman–Crippen LogP) is 2.79. The number of rotatable bonds is 3. The minimum Gasteiger partial charge on any atom is -0.467 e. The summed E-state index contributed by atoms with van der Waals surface area (Å²) in [7, 11) is 1.14. The van der Waals surface area contributed by atoms with Crippen LogP contribution >= 0.6 is 0 Å². The second kappa shape index (κ2) is 4.76. The van der Waals surface area contributed by atoms with Crippen LogP contribution in [0.1, 0.15) is 40.0 Å². The lowest BCUT2D eigenvalue weighted by molar-refractivity contribution is -0.367. The molecule has 3 fully saturated rings. The highest BCUT2D eigenvalue weighted by Crippen LogP contribution is 2.79. The summed E-state index contributed by atoms with van der Waals surface area (Å²) in [6.07, 6.45) is -5.62. The molecule has 8 heteroatoms. The van der Waals surface area contributed by atoms with Crippen molar-refractivity contribution in [1.82, 2.24) is 5.32 Å². The van der Waals surface area contributed by atoms with Gasteiger partial charge in [-0.25, -0.2) is 9.59 Å². The maximum Gasteiger partial charge on any atom is 0.408 e. The van der Waals surface area contributed by atoms with Crippen molar-refractivity contribution in [3.05, 3.63) is 0 Å². The molecule has 0 spiro atoms. The Morgan fingerprint density at radius 1 is 1.14 bits per heavy atom. The average Bonchev–Trinajstić information content (AvgIpc) is 2.18. The van der Waals surface area contributed by atoms with Crippen LogP contribution < -0.4 is 5.32 Å². The van der Waals surface area contributed by atoms with E-state index in [2.05, 4.69) is 10.1 Å². The van der Waals surface area contributed by atoms with Crippen molar-refractivity contribution in [2.45, 2.75) is 57.9 Å². The van der Waals surface area contributed by atoms with Crippen molar-refractivity contribution in [1.29, 1.82) is 0 Å². The lowest BCUT2D eigenvalue weighted by atomic mass is 9.33. The number of ether oxygens (including phenoxy) is 2. The minimum atomic E-state index is -4.28. The number of amides is 1. The van der Waals surface area contributed by atoms with Gasteiger partial charge in [0.25, 0.3) is 0 Å². The van der Waals surface area contributed by atoms with Crippen molar-refractivity contribution in [2.75, 3.05) is 7.11 Å². The van der Waals surface area contributed by atoms with E-state index in [1.807, 2.05) is 0 Å². The lowest BCUT2D eigenvalue weighted by Crippen LogP contribution is -2.75. The fraction of sp³-hybridized carbons (Fsp3) is 0.857. The number of carbonyl (C=O) groups is 2. The summed E-state index contributed by atoms with van der Waals surface area (Å²) in [5.74, 6) is -0.749. The van der Waals surface area contributed by atoms with Crippen LogP contribution in [-0.2, 0) is 14.3 Å². The second-order valence-corrected chi connectivity index (χ2v) is 7.27. The molecule has 2 bridgehead atoms. The zero-order valence-corrected chi connectivity index (χ0v) is 13.0. The predicted molar refractivity (Wildman–Crippen MR) is 69.9 cm³/mol. The first kappa shape index (κ1) is 16.9. The summed E-state index contributed by atoms with van der Waals surface area (Å²) in [6, 6.07) is -1.11. The fourth-order valence-electron chi connectivity index (χ4n) is 3.48. The zero-order valence-electron chi connectivity index (χ0n) is 13.0. The van der Waals surface area contributed by atoms with E-state index in [4.69, 9.17) is 4.74 Å². The Bertz CT molecular complexity index is 476. The molecule has 126 valence electrons. The molecule has 0 aromatic heterocycles. The summed E-state index contributed by atoms with van der Waals surface area (Å²) in [5, 5.41) is 2.37. The van der Waals surface area contributed by atoms with Crippen LogP contribution in [0.4, 0.5) is 18.0 Å². The largest absolute Gasteiger partial charge is 0.467 e. The highest BCUT2D eigenvalue weighted by molar-refractivity contribution is 5.83. The van der Waals surface area contributed by atoms with Crippen LogP contribution in [0.3, 0.4) is 0 Å². The first-order chi connectivity index (χ1) is 9.84. The number of hydrogen-bond donors (Lipinski definition) is 1. The van der Waals surface area contributed by atoms with E-state index < -0.39 is 40.7 Å². The summed E-state index contributed by atoms with van der Waals surface area (Å²) < 4.78 is 48.4. The SMILES string of the molecule is COC(=O)C(NC(=O)OC(C)(C)C)C12CC(C(F)(F)F)(C1)C2. The molecular weight excluding hydrogens is 303 g/mol. The molecule has 5 nitrogen and oxygen atoms in total. The molecular formula is C14H20F3NO4. The molecule has 3 aliphatic carbocycles. The lowest BCUT2D eigenvalue weighted by Gasteiger charge is -2.72. The van der Waals surface area contributed by atoms with Crippen molar-refractivity contribution in [3.63, 3.8) is 0 Å². The number of carbonyl (C=O) groups excluding carboxylic acids is 2. The van der Waals surface area contributed by atoms with Gasteiger partial charge in [-0.05, 0) is 40.0 Å². The van der Waals surface area contributed by atoms with Gasteiger partial charge in [0.05, 0.1) is 12.5 Å². The fourth-order valence-corrected chi connectivity index (χ4v) is 3.48. The van der Waals surface area contributed by atoms with Gasteiger partial charge in [0, 0.05) is 5.41 Å². The normalized spacial score (nSPS) is 31.4. The molecule has 22 heavy (non-hydrogen) atoms. The van der Waals surface area contributed by atoms with E-state index in [1.165, 1.54) is 0 Å². The van der Waals surface area contributed by atoms with Gasteiger partial charge in [-0.15, -0.1) is 0 Å². The van der Waals surface area contributed by atoms with E-state index in [0.29, 0.717) is 0 Å². The highest BCUT2D eigenvalue weighted by atomic mass is 19.4. The first-order valence-electron chi connectivity index (χ1n) is 6.98. The van der Waals surface area contributed by atoms with Gasteiger partial charge in [0.1, 0.15) is 11.6 Å². The van der Waals surface area contributed by atoms with Gasteiger partial charge in [-0.2, -0.15) is 13.2 Å². The minimum absolute atomic E-state index is 0.168. The molecule has 0 aliphatic heterocycles. The molecule has 1 atom stereocenters. The molecule has 3 saturated carbocycles. The number of alkyl halides is 3. The van der Waals surface area contributed by atoms with E-state index in [1.54, 1.807) is 20.8 Å². The molecule has 0 heterocycles. The Labute approximate surface area is 126 Å². The van der Waals surface area contributed by atoms with Crippen LogP contribution in [0.2, 0.25) is 0 Å². The number of alkyl carbamates (subject to hydrolysis) is 1. The third-order valence-electron chi connectivity index (χ3n) is 4.38. The van der Waals surface area contributed by atoms with Gasteiger partial charge in [-0.3, -0.25) is 0 Å². The average molecular weight is 323 g/mol. The number of methoxy groups -OCH3 is 1. The highest BCUT2D eigenvalue weighted by Gasteiger charge is 2.81. The van der Waals surface area contributed by atoms with Gasteiger partial charge < -0.3 is 14.8 Å². The van der Waals surface area contributed by atoms with Gasteiger partial charge in [0.2, 0.25) is 0 Å². The van der Waals surface area contributed by atoms with E-state index >= 15 is 0 Å². The van der Waals surface area contributed by atoms with Gasteiger partial charge >= 0.3 is 18.2 Å². The van der Waals surface area contributed by atoms with Crippen molar-refractivity contribution in [2.24, 2.45) is 10.8 Å². The molecule has 0 saturated heterocycles. The number of hydrogen-bond acceptors (Lipinski definition) is 4. The summed E-state index contributed by atoms with van der Waals surface area (Å²) in [4.78, 5) is 23.7. The zero-order chi connectivity index (χ0) is 17.0. The Morgan fingerprint density at radius 3 is 2.00 bits per heavy atom. The van der Waals surface area contributed by atoms with Crippen molar-refractivity contribution >= 4 is 12.1 Å². The van der Waals surface area contributed by atoms with Crippen LogP contribution in [0.5, 0.6) is 0 Å². The molecule has 3 rings (SSSR count). The van der Waals surface area contributed by atoms with Crippen LogP contribution in [0.25, 0.3) is 0 Å². The van der Waals surface area contributed by atoms with Gasteiger partial charge in [-0.1, -0.05) is 0 Å². The molecule has 1 unspecified atom stereocenters. The Hall–Kier alpha value is -1.47. The maximum atomic E-state index is 12.9. The Morgan fingerprint density at radius 2 is 1.64 bits per heavy atom. The Balaban J connectivity index is 2.05. The number of esters is 1. The molecule has 3 aliphatic rings. The summed E-state index contributed by atoms with van der Waals surface area (Å²) in [6.45, 7) is 4.96. The quantitative estimate of drug-likeness (QED) is 0.811. The van der Waals surface area contributed by atoms with E-state index in [-0.39, 0.29) is 19.3 Å². The molecule has 0 aromatic rings. The summed E-state index contributed by atoms with van der Waals surface area (Å²) >= 11 is 0. The maximum absolute atomic E-state index is 12.9. The topological polar surface area (TPSA) is 64.6 Å². The standard InChI is InChI=1S/C14H20F3NO4/c1-11(2,3)22-10(20)18-8(9(19)21-4)12-5-13(6-12,7-12)14(15,16)17/h8H,5-7H2,1-4H3,(H,18,20).